The summed E-state index contributed by atoms with van der Waals surface area (Å²) in [7, 11) is -5.80. The maximum atomic E-state index is 14.9. The van der Waals surface area contributed by atoms with Crippen LogP contribution in [0.15, 0.2) is 12.2 Å². The van der Waals surface area contributed by atoms with Crippen LogP contribution in [0, 0.1) is 0 Å². The molecule has 0 spiro atoms. The number of carbonyl (C=O) groups is 4. The molecule has 688 valence electrons. The number of esters is 4. The minimum atomic E-state index is -5.80. The molecule has 2 aliphatic heterocycles. The summed E-state index contributed by atoms with van der Waals surface area (Å²) in [5.74, 6) is -2.95. The van der Waals surface area contributed by atoms with Crippen molar-refractivity contribution in [2.75, 3.05) is 26.4 Å². The number of unbranched alkanes of at least 4 members (excludes halogenated alkanes) is 51. The van der Waals surface area contributed by atoms with E-state index in [1.165, 1.54) is 180 Å². The van der Waals surface area contributed by atoms with Gasteiger partial charge in [-0.25, -0.2) is 4.57 Å². The van der Waals surface area contributed by atoms with Gasteiger partial charge in [-0.15, -0.1) is 0 Å². The van der Waals surface area contributed by atoms with Crippen LogP contribution in [0.3, 0.4) is 0 Å². The number of hydrogen-bond donors (Lipinski definition) is 10. The molecular formula is C91H169O25P. The van der Waals surface area contributed by atoms with Gasteiger partial charge in [-0.3, -0.25) is 28.2 Å². The highest BCUT2D eigenvalue weighted by molar-refractivity contribution is 7.47. The van der Waals surface area contributed by atoms with Crippen LogP contribution in [-0.2, 0) is 70.7 Å². The van der Waals surface area contributed by atoms with Gasteiger partial charge in [0, 0.05) is 25.7 Å². The number of aliphatic hydroxyl groups excluding tert-OH is 9. The van der Waals surface area contributed by atoms with E-state index < -0.39 is 162 Å². The summed E-state index contributed by atoms with van der Waals surface area (Å²) in [6.45, 7) is 5.61. The molecule has 0 amide bonds. The zero-order valence-electron chi connectivity index (χ0n) is 73.3. The summed E-state index contributed by atoms with van der Waals surface area (Å²) < 4.78 is 73.4. The largest absolute Gasteiger partial charge is 0.472 e. The lowest BCUT2D eigenvalue weighted by Crippen LogP contribution is -2.70. The van der Waals surface area contributed by atoms with Crippen LogP contribution < -0.4 is 0 Å². The Morgan fingerprint density at radius 2 is 0.641 bits per heavy atom. The van der Waals surface area contributed by atoms with E-state index in [4.69, 9.17) is 46.9 Å². The molecule has 117 heavy (non-hydrogen) atoms. The molecular weight excluding hydrogens is 1520 g/mol. The Morgan fingerprint density at radius 3 is 1.03 bits per heavy atom. The molecule has 1 aliphatic carbocycles. The minimum Gasteiger partial charge on any atom is -0.463 e. The molecule has 0 aromatic rings. The Kier molecular flexibility index (Phi) is 65.3. The van der Waals surface area contributed by atoms with E-state index in [0.717, 1.165) is 148 Å². The Labute approximate surface area is 705 Å². The standard InChI is InChI=1S/C91H169O25P/c1-5-9-13-17-21-25-29-33-36-40-43-47-51-55-59-63-74(93)107-68-71(110-76(95)65-61-57-53-49-45-39-32-28-24-20-16-12-8-4)69-109-117(105,106)116-89-87(114-90-84(103)80(99)78(97)72(67-92)111-90)83(102)82(101)86(113-77(96)66-62-58-54-50-46-42-38-35-31-27-23-19-15-11-7-3)88(89)115-91-85(104)81(100)79(98)73(112-91)70-108-75(94)64-60-56-52-48-44-41-37-34-30-26-22-18-14-10-6-2/h25,29,71-73,78-92,97-104H,5-24,26-28,30-70H2,1-4H3,(H,105,106)/b29-25-. The second-order valence-electron chi connectivity index (χ2n) is 33.9. The highest BCUT2D eigenvalue weighted by Crippen LogP contribution is 2.49. The maximum Gasteiger partial charge on any atom is 0.472 e. The molecule has 0 aromatic heterocycles. The van der Waals surface area contributed by atoms with Gasteiger partial charge in [0.2, 0.25) is 0 Å². The van der Waals surface area contributed by atoms with Crippen LogP contribution in [0.2, 0.25) is 0 Å². The van der Waals surface area contributed by atoms with Gasteiger partial charge in [0.15, 0.2) is 24.8 Å². The van der Waals surface area contributed by atoms with Gasteiger partial charge in [0.05, 0.1) is 13.2 Å². The number of phosphoric ester groups is 1. The number of ether oxygens (including phenoxy) is 8. The second-order valence-corrected chi connectivity index (χ2v) is 35.3. The minimum absolute atomic E-state index is 0.0191. The van der Waals surface area contributed by atoms with Gasteiger partial charge in [0.25, 0.3) is 0 Å². The Bertz CT molecular complexity index is 2480. The predicted molar refractivity (Wildman–Crippen MR) is 453 cm³/mol. The van der Waals surface area contributed by atoms with Crippen molar-refractivity contribution in [3.8, 4) is 0 Å². The van der Waals surface area contributed by atoms with Crippen molar-refractivity contribution >= 4 is 31.7 Å². The number of phosphoric acid groups is 1. The average molecular weight is 1690 g/mol. The molecule has 3 aliphatic rings. The number of allylic oxidation sites excluding steroid dienone is 2. The van der Waals surface area contributed by atoms with Crippen LogP contribution >= 0.6 is 7.82 Å². The third-order valence-electron chi connectivity index (χ3n) is 23.3. The fourth-order valence-corrected chi connectivity index (χ4v) is 16.7. The Balaban J connectivity index is 1.91. The topological polar surface area (TPSA) is 380 Å². The van der Waals surface area contributed by atoms with E-state index in [1.54, 1.807) is 0 Å². The fourth-order valence-electron chi connectivity index (χ4n) is 15.7. The smallest absolute Gasteiger partial charge is 0.463 e. The molecule has 18 atom stereocenters. The first kappa shape index (κ1) is 108. The van der Waals surface area contributed by atoms with Crippen LogP contribution in [0.25, 0.3) is 0 Å². The summed E-state index contributed by atoms with van der Waals surface area (Å²) in [5.41, 5.74) is 0. The number of carbonyl (C=O) groups excluding carboxylic acids is 4. The normalized spacial score (nSPS) is 25.0. The Hall–Kier alpha value is -2.79. The molecule has 1 saturated carbocycles. The van der Waals surface area contributed by atoms with E-state index in [-0.39, 0.29) is 25.7 Å². The van der Waals surface area contributed by atoms with Crippen LogP contribution in [-0.4, -0.2) is 205 Å². The van der Waals surface area contributed by atoms with Gasteiger partial charge in [-0.2, -0.15) is 0 Å². The van der Waals surface area contributed by atoms with Gasteiger partial charge in [-0.1, -0.05) is 348 Å². The van der Waals surface area contributed by atoms with Crippen LogP contribution in [0.5, 0.6) is 0 Å². The number of rotatable bonds is 77. The number of aliphatic hydroxyl groups is 9. The van der Waals surface area contributed by atoms with Crippen LogP contribution in [0.4, 0.5) is 0 Å². The van der Waals surface area contributed by atoms with E-state index in [1.807, 2.05) is 0 Å². The third-order valence-corrected chi connectivity index (χ3v) is 24.3. The van der Waals surface area contributed by atoms with Crippen molar-refractivity contribution < 1.29 is 122 Å². The van der Waals surface area contributed by atoms with Gasteiger partial charge in [-0.05, 0) is 51.4 Å². The van der Waals surface area contributed by atoms with E-state index in [0.29, 0.717) is 32.1 Å². The highest BCUT2D eigenvalue weighted by atomic mass is 31.2. The summed E-state index contributed by atoms with van der Waals surface area (Å²) in [6, 6.07) is 0. The first-order valence-electron chi connectivity index (χ1n) is 47.4. The van der Waals surface area contributed by atoms with Crippen molar-refractivity contribution in [2.45, 2.75) is 517 Å². The molecule has 2 heterocycles. The Morgan fingerprint density at radius 1 is 0.333 bits per heavy atom. The zero-order chi connectivity index (χ0) is 85.4. The SMILES string of the molecule is CCCCCC/C=C\CCCCCCCCCC(=O)OCC(COP(=O)(O)OC1C(OC2OC(CO)C(O)C(O)C2O)C(O)C(O)C(OC(=O)CCCCCCCCCCCCCCCCC)C1OC1OC(COC(=O)CCCCCCCCCCCCCCCCC)C(O)C(O)C1O)OC(=O)CCCCCCCCCCCCCCC. The third kappa shape index (κ3) is 50.7. The van der Waals surface area contributed by atoms with Crippen molar-refractivity contribution in [3.63, 3.8) is 0 Å². The lowest BCUT2D eigenvalue weighted by molar-refractivity contribution is -0.360. The maximum absolute atomic E-state index is 14.9. The quantitative estimate of drug-likeness (QED) is 0.00889. The van der Waals surface area contributed by atoms with Crippen molar-refractivity contribution in [1.82, 2.24) is 0 Å². The van der Waals surface area contributed by atoms with Crippen molar-refractivity contribution in [2.24, 2.45) is 0 Å². The van der Waals surface area contributed by atoms with Gasteiger partial charge < -0.3 is 88.7 Å². The fraction of sp³-hybridized carbons (Fsp3) is 0.934. The van der Waals surface area contributed by atoms with Gasteiger partial charge >= 0.3 is 31.7 Å². The highest BCUT2D eigenvalue weighted by Gasteiger charge is 2.60. The molecule has 0 aromatic carbocycles. The average Bonchev–Trinajstić information content (AvgIpc) is 0.754. The molecule has 3 rings (SSSR count). The number of hydrogen-bond acceptors (Lipinski definition) is 24. The monoisotopic (exact) mass is 1690 g/mol. The van der Waals surface area contributed by atoms with E-state index in [2.05, 4.69) is 39.8 Å². The molecule has 10 N–H and O–H groups in total. The lowest BCUT2D eigenvalue weighted by atomic mass is 9.84. The molecule has 26 heteroatoms. The van der Waals surface area contributed by atoms with E-state index >= 15 is 0 Å². The second kappa shape index (κ2) is 70.5. The summed E-state index contributed by atoms with van der Waals surface area (Å²) in [5, 5.41) is 102. The predicted octanol–water partition coefficient (Wildman–Crippen LogP) is 17.6. The summed E-state index contributed by atoms with van der Waals surface area (Å²) in [4.78, 5) is 66.4. The van der Waals surface area contributed by atoms with Crippen molar-refractivity contribution in [3.05, 3.63) is 12.2 Å². The molecule has 2 saturated heterocycles. The molecule has 25 nitrogen and oxygen atoms in total. The zero-order valence-corrected chi connectivity index (χ0v) is 74.2. The molecule has 0 bridgehead atoms. The molecule has 18 unspecified atom stereocenters. The summed E-state index contributed by atoms with van der Waals surface area (Å²) >= 11 is 0. The first-order chi connectivity index (χ1) is 56.7. The molecule has 0 radical (unpaired) electrons. The first-order valence-corrected chi connectivity index (χ1v) is 48.9. The molecule has 3 fully saturated rings. The van der Waals surface area contributed by atoms with E-state index in [9.17, 15) is 74.6 Å². The summed E-state index contributed by atoms with van der Waals surface area (Å²) in [6.07, 6.45) is 29.1. The van der Waals surface area contributed by atoms with Gasteiger partial charge in [0.1, 0.15) is 92.6 Å². The van der Waals surface area contributed by atoms with Crippen molar-refractivity contribution in [1.29, 1.82) is 0 Å². The lowest BCUT2D eigenvalue weighted by Gasteiger charge is -2.50. The van der Waals surface area contributed by atoms with Crippen LogP contribution in [0.1, 0.15) is 413 Å².